The molecule has 0 saturated heterocycles. The number of nitrogens with one attached hydrogen (secondary N) is 1. The maximum Gasteiger partial charge on any atom is 0.207 e. The Morgan fingerprint density at radius 2 is 1.95 bits per heavy atom. The molecule has 0 spiro atoms. The van der Waals surface area contributed by atoms with Crippen LogP contribution in [0.1, 0.15) is 13.3 Å². The fourth-order valence-corrected chi connectivity index (χ4v) is 2.25. The lowest BCUT2D eigenvalue weighted by Crippen LogP contribution is -2.02. The number of hydrogen-bond donors (Lipinski definition) is 1. The van der Waals surface area contributed by atoms with E-state index >= 15 is 0 Å². The maximum atomic E-state index is 4.36. The highest BCUT2D eigenvalue weighted by Gasteiger charge is 2.02. The summed E-state index contributed by atoms with van der Waals surface area (Å²) in [5, 5.41) is 5.87. The second-order valence-electron chi connectivity index (χ2n) is 4.63. The van der Waals surface area contributed by atoms with Crippen molar-refractivity contribution in [3.8, 4) is 0 Å². The third-order valence-corrected chi connectivity index (χ3v) is 3.19. The molecule has 0 aliphatic heterocycles. The average Bonchev–Trinajstić information content (AvgIpc) is 2.86. The van der Waals surface area contributed by atoms with Gasteiger partial charge < -0.3 is 9.88 Å². The second kappa shape index (κ2) is 5.14. The van der Waals surface area contributed by atoms with Crippen LogP contribution in [-0.2, 0) is 6.54 Å². The van der Waals surface area contributed by atoms with Crippen LogP contribution >= 0.6 is 0 Å². The van der Waals surface area contributed by atoms with E-state index in [0.29, 0.717) is 0 Å². The number of rotatable bonds is 4. The normalized spacial score (nSPS) is 10.8. The monoisotopic (exact) mass is 251 g/mol. The van der Waals surface area contributed by atoms with E-state index in [1.54, 1.807) is 0 Å². The minimum Gasteiger partial charge on any atom is -0.326 e. The molecule has 0 bridgehead atoms. The SMILES string of the molecule is CCCn1ccnc1Nc1ccc2ccccc2c1. The molecule has 3 nitrogen and oxygen atoms in total. The van der Waals surface area contributed by atoms with E-state index in [1.165, 1.54) is 10.8 Å². The first-order valence-electron chi connectivity index (χ1n) is 6.64. The van der Waals surface area contributed by atoms with Crippen molar-refractivity contribution in [3.05, 3.63) is 54.9 Å². The summed E-state index contributed by atoms with van der Waals surface area (Å²) >= 11 is 0. The fraction of sp³-hybridized carbons (Fsp3) is 0.188. The Hall–Kier alpha value is -2.29. The van der Waals surface area contributed by atoms with Crippen LogP contribution in [0.5, 0.6) is 0 Å². The first kappa shape index (κ1) is 11.8. The molecule has 1 aromatic heterocycles. The van der Waals surface area contributed by atoms with Gasteiger partial charge in [0.1, 0.15) is 0 Å². The predicted molar refractivity (Wildman–Crippen MR) is 79.7 cm³/mol. The smallest absolute Gasteiger partial charge is 0.207 e. The lowest BCUT2D eigenvalue weighted by molar-refractivity contribution is 0.686. The minimum atomic E-state index is 0.900. The van der Waals surface area contributed by atoms with Crippen LogP contribution in [0.3, 0.4) is 0 Å². The van der Waals surface area contributed by atoms with Crippen LogP contribution in [0.4, 0.5) is 11.6 Å². The van der Waals surface area contributed by atoms with Gasteiger partial charge in [-0.25, -0.2) is 4.98 Å². The molecular weight excluding hydrogens is 234 g/mol. The summed E-state index contributed by atoms with van der Waals surface area (Å²) in [6.07, 6.45) is 4.94. The van der Waals surface area contributed by atoms with Crippen molar-refractivity contribution < 1.29 is 0 Å². The Labute approximate surface area is 112 Å². The molecule has 96 valence electrons. The van der Waals surface area contributed by atoms with Crippen LogP contribution in [0.25, 0.3) is 10.8 Å². The summed E-state index contributed by atoms with van der Waals surface area (Å²) in [5.74, 6) is 0.900. The van der Waals surface area contributed by atoms with E-state index in [2.05, 4.69) is 64.3 Å². The Morgan fingerprint density at radius 3 is 2.79 bits per heavy atom. The zero-order chi connectivity index (χ0) is 13.1. The summed E-state index contributed by atoms with van der Waals surface area (Å²) in [4.78, 5) is 4.36. The van der Waals surface area contributed by atoms with Gasteiger partial charge in [-0.05, 0) is 29.3 Å². The van der Waals surface area contributed by atoms with Crippen LogP contribution < -0.4 is 5.32 Å². The van der Waals surface area contributed by atoms with Crippen molar-refractivity contribution in [1.29, 1.82) is 0 Å². The molecule has 0 unspecified atom stereocenters. The number of benzene rings is 2. The first-order chi connectivity index (χ1) is 9.36. The van der Waals surface area contributed by atoms with Gasteiger partial charge in [0.25, 0.3) is 0 Å². The molecule has 19 heavy (non-hydrogen) atoms. The van der Waals surface area contributed by atoms with Gasteiger partial charge in [0, 0.05) is 24.6 Å². The lowest BCUT2D eigenvalue weighted by atomic mass is 10.1. The van der Waals surface area contributed by atoms with Crippen molar-refractivity contribution in [1.82, 2.24) is 9.55 Å². The third-order valence-electron chi connectivity index (χ3n) is 3.19. The van der Waals surface area contributed by atoms with Crippen LogP contribution in [0.2, 0.25) is 0 Å². The molecule has 3 heteroatoms. The molecule has 0 saturated carbocycles. The Balaban J connectivity index is 1.90. The summed E-state index contributed by atoms with van der Waals surface area (Å²) in [6.45, 7) is 3.15. The highest BCUT2D eigenvalue weighted by molar-refractivity contribution is 5.86. The third kappa shape index (κ3) is 2.45. The molecule has 1 N–H and O–H groups in total. The standard InChI is InChI=1S/C16H17N3/c1-2-10-19-11-9-17-16(19)18-15-8-7-13-5-3-4-6-14(13)12-15/h3-9,11-12H,2,10H2,1H3,(H,17,18). The van der Waals surface area contributed by atoms with E-state index in [4.69, 9.17) is 0 Å². The number of fused-ring (bicyclic) bond motifs is 1. The van der Waals surface area contributed by atoms with E-state index in [1.807, 2.05) is 12.4 Å². The second-order valence-corrected chi connectivity index (χ2v) is 4.63. The molecule has 0 aliphatic rings. The number of imidazole rings is 1. The molecule has 3 rings (SSSR count). The summed E-state index contributed by atoms with van der Waals surface area (Å²) in [5.41, 5.74) is 1.07. The molecule has 3 aromatic rings. The highest BCUT2D eigenvalue weighted by atomic mass is 15.2. The van der Waals surface area contributed by atoms with Gasteiger partial charge in [0.05, 0.1) is 0 Å². The molecule has 0 fully saturated rings. The van der Waals surface area contributed by atoms with E-state index in [0.717, 1.165) is 24.6 Å². The zero-order valence-corrected chi connectivity index (χ0v) is 11.0. The first-order valence-corrected chi connectivity index (χ1v) is 6.64. The van der Waals surface area contributed by atoms with Crippen molar-refractivity contribution in [2.24, 2.45) is 0 Å². The van der Waals surface area contributed by atoms with Gasteiger partial charge in [0.15, 0.2) is 0 Å². The quantitative estimate of drug-likeness (QED) is 0.753. The minimum absolute atomic E-state index is 0.900. The van der Waals surface area contributed by atoms with Crippen molar-refractivity contribution in [3.63, 3.8) is 0 Å². The van der Waals surface area contributed by atoms with Crippen LogP contribution in [0, 0.1) is 0 Å². The summed E-state index contributed by atoms with van der Waals surface area (Å²) in [6, 6.07) is 14.7. The molecule has 0 atom stereocenters. The van der Waals surface area contributed by atoms with Crippen molar-refractivity contribution in [2.75, 3.05) is 5.32 Å². The van der Waals surface area contributed by atoms with Gasteiger partial charge >= 0.3 is 0 Å². The Bertz CT molecular complexity index is 685. The van der Waals surface area contributed by atoms with Crippen molar-refractivity contribution >= 4 is 22.4 Å². The topological polar surface area (TPSA) is 29.9 Å². The van der Waals surface area contributed by atoms with Crippen LogP contribution in [-0.4, -0.2) is 9.55 Å². The fourth-order valence-electron chi connectivity index (χ4n) is 2.25. The van der Waals surface area contributed by atoms with Gasteiger partial charge in [-0.15, -0.1) is 0 Å². The number of aromatic nitrogens is 2. The molecule has 0 aliphatic carbocycles. The van der Waals surface area contributed by atoms with E-state index < -0.39 is 0 Å². The van der Waals surface area contributed by atoms with Crippen molar-refractivity contribution in [2.45, 2.75) is 19.9 Å². The average molecular weight is 251 g/mol. The lowest BCUT2D eigenvalue weighted by Gasteiger charge is -2.09. The van der Waals surface area contributed by atoms with E-state index in [-0.39, 0.29) is 0 Å². The number of aryl methyl sites for hydroxylation is 1. The summed E-state index contributed by atoms with van der Waals surface area (Å²) < 4.78 is 2.13. The zero-order valence-electron chi connectivity index (χ0n) is 11.0. The van der Waals surface area contributed by atoms with E-state index in [9.17, 15) is 0 Å². The maximum absolute atomic E-state index is 4.36. The Kier molecular flexibility index (Phi) is 3.19. The molecular formula is C16H17N3. The largest absolute Gasteiger partial charge is 0.326 e. The molecule has 0 amide bonds. The van der Waals surface area contributed by atoms with Gasteiger partial charge in [-0.1, -0.05) is 37.3 Å². The van der Waals surface area contributed by atoms with Crippen LogP contribution in [0.15, 0.2) is 54.9 Å². The number of nitrogens with zero attached hydrogens (tertiary/aromatic N) is 2. The molecule has 1 heterocycles. The highest BCUT2D eigenvalue weighted by Crippen LogP contribution is 2.21. The summed E-state index contributed by atoms with van der Waals surface area (Å²) in [7, 11) is 0. The predicted octanol–water partition coefficient (Wildman–Crippen LogP) is 4.19. The number of anilines is 2. The Morgan fingerprint density at radius 1 is 1.11 bits per heavy atom. The van der Waals surface area contributed by atoms with Gasteiger partial charge in [-0.3, -0.25) is 0 Å². The molecule has 2 aromatic carbocycles. The number of hydrogen-bond acceptors (Lipinski definition) is 2. The van der Waals surface area contributed by atoms with Gasteiger partial charge in [-0.2, -0.15) is 0 Å². The van der Waals surface area contributed by atoms with Gasteiger partial charge in [0.2, 0.25) is 5.95 Å². The molecule has 0 radical (unpaired) electrons.